The summed E-state index contributed by atoms with van der Waals surface area (Å²) < 4.78 is 0. The molecule has 0 saturated heterocycles. The van der Waals surface area contributed by atoms with Gasteiger partial charge in [-0.3, -0.25) is 4.79 Å². The zero-order chi connectivity index (χ0) is 8.85. The van der Waals surface area contributed by atoms with Crippen LogP contribution in [0.4, 0.5) is 0 Å². The lowest BCUT2D eigenvalue weighted by atomic mass is 9.92. The van der Waals surface area contributed by atoms with Gasteiger partial charge in [-0.25, -0.2) is 0 Å². The van der Waals surface area contributed by atoms with Gasteiger partial charge in [-0.05, 0) is 12.3 Å². The molecule has 0 aromatic rings. The van der Waals surface area contributed by atoms with Crippen LogP contribution in [0.15, 0.2) is 11.6 Å². The number of hydrogen-bond donors (Lipinski definition) is 1. The van der Waals surface area contributed by atoms with Crippen molar-refractivity contribution in [3.8, 4) is 0 Å². The highest BCUT2D eigenvalue weighted by atomic mass is 35.5. The third-order valence-electron chi connectivity index (χ3n) is 1.65. The zero-order valence-electron chi connectivity index (χ0n) is 6.88. The minimum Gasteiger partial charge on any atom is -0.369 e. The first kappa shape index (κ1) is 10.5. The third kappa shape index (κ3) is 4.04. The highest BCUT2D eigenvalue weighted by Gasteiger charge is 2.17. The van der Waals surface area contributed by atoms with Crippen LogP contribution < -0.4 is 5.73 Å². The number of amides is 1. The number of nitrogens with two attached hydrogens (primary N) is 1. The van der Waals surface area contributed by atoms with Crippen molar-refractivity contribution in [3.63, 3.8) is 0 Å². The first-order valence-corrected chi connectivity index (χ1v) is 4.07. The van der Waals surface area contributed by atoms with Gasteiger partial charge in [-0.1, -0.05) is 31.5 Å². The van der Waals surface area contributed by atoms with E-state index in [0.29, 0.717) is 6.42 Å². The van der Waals surface area contributed by atoms with Crippen molar-refractivity contribution in [2.75, 3.05) is 0 Å². The molecule has 0 aromatic heterocycles. The molecule has 1 amide bonds. The Balaban J connectivity index is 4.00. The number of carbonyl (C=O) groups excluding carboxylic acids is 1. The van der Waals surface area contributed by atoms with Crippen LogP contribution in [0, 0.1) is 11.8 Å². The van der Waals surface area contributed by atoms with Gasteiger partial charge in [0.05, 0.1) is 0 Å². The molecule has 64 valence electrons. The van der Waals surface area contributed by atoms with Crippen LogP contribution in [0.25, 0.3) is 0 Å². The van der Waals surface area contributed by atoms with Gasteiger partial charge in [-0.15, -0.1) is 0 Å². The van der Waals surface area contributed by atoms with E-state index in [1.165, 1.54) is 5.54 Å². The van der Waals surface area contributed by atoms with Crippen LogP contribution in [-0.2, 0) is 4.79 Å². The van der Waals surface area contributed by atoms with E-state index in [1.807, 2.05) is 13.8 Å². The third-order valence-corrected chi connectivity index (χ3v) is 1.83. The van der Waals surface area contributed by atoms with Crippen molar-refractivity contribution in [1.29, 1.82) is 0 Å². The van der Waals surface area contributed by atoms with Crippen molar-refractivity contribution >= 4 is 17.5 Å². The molecule has 11 heavy (non-hydrogen) atoms. The monoisotopic (exact) mass is 175 g/mol. The van der Waals surface area contributed by atoms with Crippen LogP contribution >= 0.6 is 11.6 Å². The molecule has 1 atom stereocenters. The van der Waals surface area contributed by atoms with E-state index >= 15 is 0 Å². The summed E-state index contributed by atoms with van der Waals surface area (Å²) in [7, 11) is 0. The molecule has 0 aliphatic carbocycles. The summed E-state index contributed by atoms with van der Waals surface area (Å²) in [6.07, 6.45) is 2.38. The van der Waals surface area contributed by atoms with Gasteiger partial charge in [0.1, 0.15) is 0 Å². The molecule has 0 bridgehead atoms. The molecule has 3 heteroatoms. The Hall–Kier alpha value is -0.500. The molecule has 0 fully saturated rings. The van der Waals surface area contributed by atoms with E-state index in [0.717, 1.165) is 0 Å². The molecule has 2 N–H and O–H groups in total. The Morgan fingerprint density at radius 3 is 2.45 bits per heavy atom. The predicted molar refractivity (Wildman–Crippen MR) is 47.1 cm³/mol. The number of halogens is 1. The standard InChI is InChI=1S/C8H14ClNO/c1-6(2)7(8(10)11)4-3-5-9/h3,5-7H,4H2,1-2H3,(H2,10,11)/b5-3+/t7-/m0/s1. The van der Waals surface area contributed by atoms with Gasteiger partial charge >= 0.3 is 0 Å². The van der Waals surface area contributed by atoms with Gasteiger partial charge in [0, 0.05) is 11.5 Å². The predicted octanol–water partition coefficient (Wildman–Crippen LogP) is 1.89. The maximum Gasteiger partial charge on any atom is 0.221 e. The summed E-state index contributed by atoms with van der Waals surface area (Å²) in [5, 5.41) is 0. The second-order valence-corrected chi connectivity index (χ2v) is 3.10. The molecule has 0 aliphatic heterocycles. The zero-order valence-corrected chi connectivity index (χ0v) is 7.64. The first-order chi connectivity index (χ1) is 5.09. The van der Waals surface area contributed by atoms with Crippen molar-refractivity contribution in [2.45, 2.75) is 20.3 Å². The summed E-state index contributed by atoms with van der Waals surface area (Å²) in [6, 6.07) is 0. The Kier molecular flexibility index (Phi) is 4.95. The molecule has 0 spiro atoms. The van der Waals surface area contributed by atoms with E-state index in [4.69, 9.17) is 17.3 Å². The Bertz CT molecular complexity index is 154. The second-order valence-electron chi connectivity index (χ2n) is 2.85. The lowest BCUT2D eigenvalue weighted by molar-refractivity contribution is -0.122. The van der Waals surface area contributed by atoms with Gasteiger partial charge in [0.15, 0.2) is 0 Å². The van der Waals surface area contributed by atoms with Crippen molar-refractivity contribution in [1.82, 2.24) is 0 Å². The molecule has 0 radical (unpaired) electrons. The molecule has 2 nitrogen and oxygen atoms in total. The molecule has 0 rings (SSSR count). The summed E-state index contributed by atoms with van der Waals surface area (Å²) in [6.45, 7) is 3.94. The fourth-order valence-corrected chi connectivity index (χ4v) is 1.02. The Labute approximate surface area is 72.4 Å². The summed E-state index contributed by atoms with van der Waals surface area (Å²) in [4.78, 5) is 10.8. The topological polar surface area (TPSA) is 43.1 Å². The average molecular weight is 176 g/mol. The largest absolute Gasteiger partial charge is 0.369 e. The number of rotatable bonds is 4. The van der Waals surface area contributed by atoms with Gasteiger partial charge in [-0.2, -0.15) is 0 Å². The number of hydrogen-bond acceptors (Lipinski definition) is 1. The van der Waals surface area contributed by atoms with E-state index < -0.39 is 0 Å². The first-order valence-electron chi connectivity index (χ1n) is 3.64. The molecular formula is C8H14ClNO. The summed E-state index contributed by atoms with van der Waals surface area (Å²) >= 11 is 5.32. The molecular weight excluding hydrogens is 162 g/mol. The lowest BCUT2D eigenvalue weighted by Gasteiger charge is -2.14. The minimum atomic E-state index is -0.255. The molecule has 0 unspecified atom stereocenters. The molecule has 0 aliphatic rings. The molecule has 0 aromatic carbocycles. The number of allylic oxidation sites excluding steroid dienone is 1. The van der Waals surface area contributed by atoms with Gasteiger partial charge in [0.2, 0.25) is 5.91 Å². The molecule has 0 heterocycles. The summed E-state index contributed by atoms with van der Waals surface area (Å²) in [5.74, 6) is -0.0693. The van der Waals surface area contributed by atoms with Crippen molar-refractivity contribution in [3.05, 3.63) is 11.6 Å². The van der Waals surface area contributed by atoms with E-state index in [-0.39, 0.29) is 17.7 Å². The second kappa shape index (κ2) is 5.19. The minimum absolute atomic E-state index is 0.0926. The normalized spacial score (nSPS) is 14.2. The van der Waals surface area contributed by atoms with Crippen molar-refractivity contribution in [2.24, 2.45) is 17.6 Å². The van der Waals surface area contributed by atoms with Gasteiger partial charge < -0.3 is 5.73 Å². The smallest absolute Gasteiger partial charge is 0.221 e. The maximum atomic E-state index is 10.8. The van der Waals surface area contributed by atoms with Crippen molar-refractivity contribution < 1.29 is 4.79 Å². The van der Waals surface area contributed by atoms with Crippen LogP contribution in [0.3, 0.4) is 0 Å². The fourth-order valence-electron chi connectivity index (χ4n) is 0.915. The van der Waals surface area contributed by atoms with E-state index in [2.05, 4.69) is 0 Å². The maximum absolute atomic E-state index is 10.8. The Morgan fingerprint density at radius 2 is 2.18 bits per heavy atom. The van der Waals surface area contributed by atoms with E-state index in [1.54, 1.807) is 6.08 Å². The van der Waals surface area contributed by atoms with Crippen LogP contribution in [0.1, 0.15) is 20.3 Å². The Morgan fingerprint density at radius 1 is 1.64 bits per heavy atom. The van der Waals surface area contributed by atoms with Crippen LogP contribution in [-0.4, -0.2) is 5.91 Å². The number of primary amides is 1. The number of carbonyl (C=O) groups is 1. The van der Waals surface area contributed by atoms with Gasteiger partial charge in [0.25, 0.3) is 0 Å². The quantitative estimate of drug-likeness (QED) is 0.697. The molecule has 0 saturated carbocycles. The highest BCUT2D eigenvalue weighted by molar-refractivity contribution is 6.25. The highest BCUT2D eigenvalue weighted by Crippen LogP contribution is 2.14. The lowest BCUT2D eigenvalue weighted by Crippen LogP contribution is -2.26. The average Bonchev–Trinajstić information content (AvgIpc) is 1.87. The van der Waals surface area contributed by atoms with Crippen LogP contribution in [0.2, 0.25) is 0 Å². The SMILES string of the molecule is CC(C)[C@H](C/C=C/Cl)C(N)=O. The fraction of sp³-hybridized carbons (Fsp3) is 0.625. The van der Waals surface area contributed by atoms with E-state index in [9.17, 15) is 4.79 Å². The van der Waals surface area contributed by atoms with Crippen LogP contribution in [0.5, 0.6) is 0 Å². The summed E-state index contributed by atoms with van der Waals surface area (Å²) in [5.41, 5.74) is 6.58.